The zero-order chi connectivity index (χ0) is 29.2. The van der Waals surface area contributed by atoms with Gasteiger partial charge in [0.1, 0.15) is 6.61 Å². The van der Waals surface area contributed by atoms with Gasteiger partial charge in [-0.15, -0.1) is 0 Å². The molecule has 1 unspecified atom stereocenters. The second kappa shape index (κ2) is 10.6. The SMILES string of the molecule is CC1=C2C[C@H]3[C@@H](CC=C4CC(N=O)CC[C@@]43C)[C@@H]2CC[C@@]2(C1)O[C@@H]1C[C@H](C)CN(C(=O)OCc3ccccc3)[C@H]1[C@H]2C. The van der Waals surface area contributed by atoms with Gasteiger partial charge in [-0.05, 0) is 99.4 Å². The van der Waals surface area contributed by atoms with Crippen molar-refractivity contribution < 1.29 is 14.3 Å². The summed E-state index contributed by atoms with van der Waals surface area (Å²) in [6.45, 7) is 10.5. The van der Waals surface area contributed by atoms with Crippen LogP contribution in [0.15, 0.2) is 58.3 Å². The van der Waals surface area contributed by atoms with Crippen LogP contribution in [0.25, 0.3) is 0 Å². The van der Waals surface area contributed by atoms with Gasteiger partial charge in [-0.2, -0.15) is 4.91 Å². The standard InChI is InChI=1S/C36H48N2O4/c1-22-16-32-33(38(20-22)34(39)41-21-25-8-6-5-7-9-25)24(3)36(42-32)15-13-28-29-11-10-26-17-27(37-40)12-14-35(26,4)31(29)18-30(28)23(2)19-36/h5-10,22,24,27-29,31-33H,11-21H2,1-4H3/t22-,24+,27?,28-,29-,31-,32+,33-,35-,36-/m0/s1. The summed E-state index contributed by atoms with van der Waals surface area (Å²) in [5.74, 6) is 2.62. The molecule has 0 N–H and O–H groups in total. The van der Waals surface area contributed by atoms with Crippen molar-refractivity contribution in [1.82, 2.24) is 4.90 Å². The number of ether oxygens (including phenoxy) is 2. The fourth-order valence-corrected chi connectivity index (χ4v) is 10.5. The zero-order valence-electron chi connectivity index (χ0n) is 25.9. The van der Waals surface area contributed by atoms with E-state index in [9.17, 15) is 9.70 Å². The van der Waals surface area contributed by atoms with E-state index in [0.29, 0.717) is 30.3 Å². The summed E-state index contributed by atoms with van der Waals surface area (Å²) in [7, 11) is 0. The topological polar surface area (TPSA) is 68.2 Å². The van der Waals surface area contributed by atoms with Crippen LogP contribution in [-0.2, 0) is 16.1 Å². The van der Waals surface area contributed by atoms with Crippen LogP contribution >= 0.6 is 0 Å². The predicted octanol–water partition coefficient (Wildman–Crippen LogP) is 8.22. The molecule has 10 atom stereocenters. The van der Waals surface area contributed by atoms with Crippen LogP contribution in [-0.4, -0.2) is 41.3 Å². The van der Waals surface area contributed by atoms with Gasteiger partial charge in [-0.3, -0.25) is 0 Å². The van der Waals surface area contributed by atoms with E-state index in [1.54, 1.807) is 5.57 Å². The number of likely N-dealkylation sites (tertiary alicyclic amines) is 1. The Bertz CT molecular complexity index is 1290. The first kappa shape index (κ1) is 28.3. The predicted molar refractivity (Wildman–Crippen MR) is 164 cm³/mol. The molecule has 42 heavy (non-hydrogen) atoms. The van der Waals surface area contributed by atoms with Gasteiger partial charge in [0, 0.05) is 12.5 Å². The molecule has 2 aliphatic heterocycles. The summed E-state index contributed by atoms with van der Waals surface area (Å²) in [4.78, 5) is 26.9. The number of nitroso groups, excluding NO2 is 1. The molecule has 1 spiro atoms. The molecule has 4 aliphatic carbocycles. The molecule has 1 aromatic carbocycles. The van der Waals surface area contributed by atoms with Gasteiger partial charge in [-0.1, -0.05) is 79.1 Å². The Balaban J connectivity index is 1.11. The summed E-state index contributed by atoms with van der Waals surface area (Å²) in [6.07, 6.45) is 11.8. The Hall–Kier alpha value is -2.47. The number of carbonyl (C=O) groups excluding carboxylic acids is 1. The van der Waals surface area contributed by atoms with E-state index >= 15 is 0 Å². The first-order chi connectivity index (χ1) is 20.2. The van der Waals surface area contributed by atoms with Crippen molar-refractivity contribution in [3.63, 3.8) is 0 Å². The van der Waals surface area contributed by atoms with Gasteiger partial charge in [-0.25, -0.2) is 4.79 Å². The Morgan fingerprint density at radius 3 is 2.74 bits per heavy atom. The van der Waals surface area contributed by atoms with Crippen LogP contribution in [0.3, 0.4) is 0 Å². The molecule has 1 amide bonds. The first-order valence-corrected chi connectivity index (χ1v) is 16.6. The smallest absolute Gasteiger partial charge is 0.410 e. The first-order valence-electron chi connectivity index (χ1n) is 16.6. The van der Waals surface area contributed by atoms with E-state index in [0.717, 1.165) is 57.1 Å². The lowest BCUT2D eigenvalue weighted by Crippen LogP contribution is -2.54. The molecular formula is C36H48N2O4. The van der Waals surface area contributed by atoms with Crippen molar-refractivity contribution in [3.05, 3.63) is 63.6 Å². The number of nitrogens with zero attached hydrogens (tertiary/aromatic N) is 2. The Labute approximate surface area is 251 Å². The molecule has 7 rings (SSSR count). The highest BCUT2D eigenvalue weighted by atomic mass is 16.6. The minimum atomic E-state index is -0.221. The molecule has 1 aromatic rings. The van der Waals surface area contributed by atoms with Crippen molar-refractivity contribution >= 4 is 6.09 Å². The van der Waals surface area contributed by atoms with E-state index in [2.05, 4.69) is 38.9 Å². The summed E-state index contributed by atoms with van der Waals surface area (Å²) in [5, 5.41) is 3.43. The largest absolute Gasteiger partial charge is 0.445 e. The number of carbonyl (C=O) groups is 1. The highest BCUT2D eigenvalue weighted by Gasteiger charge is 2.60. The van der Waals surface area contributed by atoms with Gasteiger partial charge >= 0.3 is 6.09 Å². The maximum atomic E-state index is 13.5. The van der Waals surface area contributed by atoms with E-state index < -0.39 is 0 Å². The monoisotopic (exact) mass is 572 g/mol. The van der Waals surface area contributed by atoms with Gasteiger partial charge in [0.2, 0.25) is 0 Å². The maximum Gasteiger partial charge on any atom is 0.410 e. The highest BCUT2D eigenvalue weighted by Crippen LogP contribution is 2.64. The maximum absolute atomic E-state index is 13.5. The fourth-order valence-electron chi connectivity index (χ4n) is 10.5. The molecule has 6 heteroatoms. The Kier molecular flexibility index (Phi) is 7.15. The van der Waals surface area contributed by atoms with Crippen molar-refractivity contribution in [2.24, 2.45) is 40.2 Å². The average molecular weight is 573 g/mol. The molecule has 2 heterocycles. The Morgan fingerprint density at radius 1 is 1.14 bits per heavy atom. The number of amides is 1. The molecular weight excluding hydrogens is 524 g/mol. The molecule has 4 fully saturated rings. The number of benzene rings is 1. The summed E-state index contributed by atoms with van der Waals surface area (Å²) < 4.78 is 13.0. The van der Waals surface area contributed by atoms with Crippen molar-refractivity contribution in [2.75, 3.05) is 6.54 Å². The molecule has 0 bridgehead atoms. The van der Waals surface area contributed by atoms with E-state index in [1.165, 1.54) is 24.0 Å². The van der Waals surface area contributed by atoms with Crippen LogP contribution in [0.4, 0.5) is 4.79 Å². The van der Waals surface area contributed by atoms with Gasteiger partial charge in [0.15, 0.2) is 0 Å². The fraction of sp³-hybridized carbons (Fsp3) is 0.694. The van der Waals surface area contributed by atoms with Crippen LogP contribution < -0.4 is 0 Å². The molecule has 2 saturated carbocycles. The second-order valence-electron chi connectivity index (χ2n) is 15.0. The quantitative estimate of drug-likeness (QED) is 0.270. The lowest BCUT2D eigenvalue weighted by Gasteiger charge is -2.48. The van der Waals surface area contributed by atoms with Gasteiger partial charge in [0.25, 0.3) is 0 Å². The zero-order valence-corrected chi connectivity index (χ0v) is 25.9. The van der Waals surface area contributed by atoms with Crippen LogP contribution in [0, 0.1) is 39.9 Å². The van der Waals surface area contributed by atoms with Crippen molar-refractivity contribution in [3.8, 4) is 0 Å². The van der Waals surface area contributed by atoms with Crippen molar-refractivity contribution in [1.29, 1.82) is 0 Å². The number of rotatable bonds is 3. The summed E-state index contributed by atoms with van der Waals surface area (Å²) >= 11 is 0. The summed E-state index contributed by atoms with van der Waals surface area (Å²) in [5.41, 5.74) is 5.76. The third kappa shape index (κ3) is 4.50. The molecule has 6 aliphatic rings. The second-order valence-corrected chi connectivity index (χ2v) is 15.0. The van der Waals surface area contributed by atoms with Crippen LogP contribution in [0.5, 0.6) is 0 Å². The van der Waals surface area contributed by atoms with Gasteiger partial charge in [0.05, 0.1) is 23.8 Å². The molecule has 0 aromatic heterocycles. The normalized spacial score (nSPS) is 42.7. The number of hydrogen-bond donors (Lipinski definition) is 0. The lowest BCUT2D eigenvalue weighted by molar-refractivity contribution is -0.0783. The third-order valence-electron chi connectivity index (χ3n) is 12.8. The van der Waals surface area contributed by atoms with Gasteiger partial charge < -0.3 is 14.4 Å². The number of allylic oxidation sites excluding steroid dienone is 2. The van der Waals surface area contributed by atoms with Crippen LogP contribution in [0.1, 0.15) is 91.0 Å². The molecule has 6 nitrogen and oxygen atoms in total. The lowest BCUT2D eigenvalue weighted by atomic mass is 9.56. The molecule has 226 valence electrons. The average Bonchev–Trinajstić information content (AvgIpc) is 3.45. The minimum Gasteiger partial charge on any atom is -0.445 e. The number of fused-ring (bicyclic) bond motifs is 6. The number of piperidine rings is 1. The van der Waals surface area contributed by atoms with E-state index in [4.69, 9.17) is 9.47 Å². The van der Waals surface area contributed by atoms with E-state index in [-0.39, 0.29) is 41.2 Å². The minimum absolute atomic E-state index is 0.0315. The Morgan fingerprint density at radius 2 is 1.95 bits per heavy atom. The summed E-state index contributed by atoms with van der Waals surface area (Å²) in [6, 6.07) is 9.99. The van der Waals surface area contributed by atoms with E-state index in [1.807, 2.05) is 35.2 Å². The highest BCUT2D eigenvalue weighted by molar-refractivity contribution is 5.68. The molecule has 0 radical (unpaired) electrons. The van der Waals surface area contributed by atoms with Crippen molar-refractivity contribution in [2.45, 2.75) is 116 Å². The third-order valence-corrected chi connectivity index (χ3v) is 12.8. The van der Waals surface area contributed by atoms with Crippen LogP contribution in [0.2, 0.25) is 0 Å². The number of hydrogen-bond acceptors (Lipinski definition) is 5. The molecule has 2 saturated heterocycles.